The Bertz CT molecular complexity index is 673. The summed E-state index contributed by atoms with van der Waals surface area (Å²) in [4.78, 5) is 27.4. The molecule has 0 radical (unpaired) electrons. The summed E-state index contributed by atoms with van der Waals surface area (Å²) >= 11 is 0. The smallest absolute Gasteiger partial charge is 0.227 e. The number of carbonyl (C=O) groups is 2. The molecule has 0 aromatic heterocycles. The maximum absolute atomic E-state index is 12.8. The van der Waals surface area contributed by atoms with Gasteiger partial charge < -0.3 is 10.6 Å². The molecule has 3 atom stereocenters. The number of likely N-dealkylation sites (tertiary alicyclic amines) is 1. The lowest BCUT2D eigenvalue weighted by Gasteiger charge is -2.27. The Balaban J connectivity index is 1.41. The molecule has 26 heavy (non-hydrogen) atoms. The first-order valence-electron chi connectivity index (χ1n) is 9.87. The van der Waals surface area contributed by atoms with E-state index in [0.717, 1.165) is 32.5 Å². The summed E-state index contributed by atoms with van der Waals surface area (Å²) in [5, 5.41) is 6.10. The van der Waals surface area contributed by atoms with Gasteiger partial charge in [0, 0.05) is 39.1 Å². The lowest BCUT2D eigenvalue weighted by Crippen LogP contribution is -2.44. The van der Waals surface area contributed by atoms with Crippen LogP contribution in [0.15, 0.2) is 30.3 Å². The largest absolute Gasteiger partial charge is 0.359 e. The minimum Gasteiger partial charge on any atom is -0.359 e. The van der Waals surface area contributed by atoms with E-state index in [1.54, 1.807) is 7.05 Å². The molecule has 2 N–H and O–H groups in total. The Morgan fingerprint density at radius 1 is 1.23 bits per heavy atom. The number of benzene rings is 1. The normalized spacial score (nSPS) is 30.8. The number of carbonyl (C=O) groups excluding carboxylic acids is 2. The van der Waals surface area contributed by atoms with Gasteiger partial charge in [-0.15, -0.1) is 0 Å². The minimum absolute atomic E-state index is 0.136. The van der Waals surface area contributed by atoms with E-state index in [0.29, 0.717) is 18.3 Å². The highest BCUT2D eigenvalue weighted by atomic mass is 16.2. The molecule has 2 amide bonds. The molecule has 0 spiro atoms. The van der Waals surface area contributed by atoms with Crippen LogP contribution in [0.4, 0.5) is 0 Å². The van der Waals surface area contributed by atoms with Crippen molar-refractivity contribution in [2.75, 3.05) is 20.1 Å². The van der Waals surface area contributed by atoms with Crippen LogP contribution in [0, 0.1) is 17.3 Å². The standard InChI is InChI=1S/C21H29N3O2/c1-22-20(26)21-11-18(23-19(25)9-15-7-8-15)10-17(21)13-24(14-21)12-16-5-3-2-4-6-16/h2-6,15,17-18H,7-14H2,1H3,(H,22,26)(H,23,25)/t17-,18-,21-/m0/s1. The summed E-state index contributed by atoms with van der Waals surface area (Å²) < 4.78 is 0. The fourth-order valence-electron chi connectivity index (χ4n) is 5.02. The van der Waals surface area contributed by atoms with Gasteiger partial charge in [0.05, 0.1) is 5.41 Å². The van der Waals surface area contributed by atoms with Crippen LogP contribution in [-0.4, -0.2) is 42.9 Å². The molecule has 0 bridgehead atoms. The molecule has 1 heterocycles. The lowest BCUT2D eigenvalue weighted by molar-refractivity contribution is -0.131. The fraction of sp³-hybridized carbons (Fsp3) is 0.619. The van der Waals surface area contributed by atoms with Gasteiger partial charge in [-0.1, -0.05) is 30.3 Å². The van der Waals surface area contributed by atoms with Crippen molar-refractivity contribution in [3.8, 4) is 0 Å². The summed E-state index contributed by atoms with van der Waals surface area (Å²) in [6.07, 6.45) is 4.72. The maximum Gasteiger partial charge on any atom is 0.227 e. The second-order valence-corrected chi connectivity index (χ2v) is 8.44. The molecule has 0 unspecified atom stereocenters. The summed E-state index contributed by atoms with van der Waals surface area (Å²) in [6, 6.07) is 10.6. The number of hydrogen-bond acceptors (Lipinski definition) is 3. The van der Waals surface area contributed by atoms with E-state index >= 15 is 0 Å². The molecule has 2 saturated carbocycles. The number of fused-ring (bicyclic) bond motifs is 1. The van der Waals surface area contributed by atoms with Crippen molar-refractivity contribution in [1.82, 2.24) is 15.5 Å². The van der Waals surface area contributed by atoms with E-state index < -0.39 is 0 Å². The van der Waals surface area contributed by atoms with Crippen LogP contribution < -0.4 is 10.6 Å². The quantitative estimate of drug-likeness (QED) is 0.820. The number of nitrogens with zero attached hydrogens (tertiary/aromatic N) is 1. The maximum atomic E-state index is 12.8. The van der Waals surface area contributed by atoms with E-state index in [1.807, 2.05) is 6.07 Å². The highest BCUT2D eigenvalue weighted by Crippen LogP contribution is 2.49. The van der Waals surface area contributed by atoms with E-state index in [-0.39, 0.29) is 23.3 Å². The molecule has 1 aliphatic heterocycles. The van der Waals surface area contributed by atoms with Gasteiger partial charge in [0.2, 0.25) is 11.8 Å². The lowest BCUT2D eigenvalue weighted by atomic mass is 9.80. The number of rotatable bonds is 6. The van der Waals surface area contributed by atoms with Gasteiger partial charge in [-0.2, -0.15) is 0 Å². The topological polar surface area (TPSA) is 61.4 Å². The second-order valence-electron chi connectivity index (χ2n) is 8.44. The van der Waals surface area contributed by atoms with E-state index in [4.69, 9.17) is 0 Å². The second kappa shape index (κ2) is 7.03. The molecule has 1 aromatic carbocycles. The highest BCUT2D eigenvalue weighted by Gasteiger charge is 2.57. The Morgan fingerprint density at radius 2 is 2.00 bits per heavy atom. The molecule has 140 valence electrons. The van der Waals surface area contributed by atoms with Gasteiger partial charge in [0.1, 0.15) is 0 Å². The van der Waals surface area contributed by atoms with Crippen LogP contribution >= 0.6 is 0 Å². The van der Waals surface area contributed by atoms with Gasteiger partial charge >= 0.3 is 0 Å². The molecule has 5 nitrogen and oxygen atoms in total. The first-order valence-corrected chi connectivity index (χ1v) is 9.87. The fourth-order valence-corrected chi connectivity index (χ4v) is 5.02. The van der Waals surface area contributed by atoms with E-state index in [9.17, 15) is 9.59 Å². The summed E-state index contributed by atoms with van der Waals surface area (Å²) in [5.74, 6) is 1.23. The van der Waals surface area contributed by atoms with Crippen molar-refractivity contribution in [1.29, 1.82) is 0 Å². The number of amides is 2. The SMILES string of the molecule is CNC(=O)[C@]12C[C@@H](NC(=O)CC3CC3)C[C@H]1CN(Cc1ccccc1)C2. The molecule has 3 aliphatic rings. The van der Waals surface area contributed by atoms with Crippen LogP contribution in [-0.2, 0) is 16.1 Å². The zero-order chi connectivity index (χ0) is 18.1. The summed E-state index contributed by atoms with van der Waals surface area (Å²) in [6.45, 7) is 2.59. The Kier molecular flexibility index (Phi) is 4.74. The van der Waals surface area contributed by atoms with Crippen LogP contribution in [0.5, 0.6) is 0 Å². The van der Waals surface area contributed by atoms with E-state index in [1.165, 1.54) is 18.4 Å². The minimum atomic E-state index is -0.360. The Hall–Kier alpha value is -1.88. The van der Waals surface area contributed by atoms with Gasteiger partial charge in [-0.3, -0.25) is 14.5 Å². The predicted octanol–water partition coefficient (Wildman–Crippen LogP) is 1.93. The van der Waals surface area contributed by atoms with Crippen molar-refractivity contribution in [2.45, 2.75) is 44.7 Å². The molecule has 1 saturated heterocycles. The van der Waals surface area contributed by atoms with Gasteiger partial charge in [0.15, 0.2) is 0 Å². The van der Waals surface area contributed by atoms with Crippen molar-refractivity contribution >= 4 is 11.8 Å². The number of hydrogen-bond donors (Lipinski definition) is 2. The van der Waals surface area contributed by atoms with Gasteiger partial charge in [-0.25, -0.2) is 0 Å². The average molecular weight is 355 g/mol. The van der Waals surface area contributed by atoms with Gasteiger partial charge in [0.25, 0.3) is 0 Å². The summed E-state index contributed by atoms with van der Waals surface area (Å²) in [7, 11) is 1.73. The van der Waals surface area contributed by atoms with Crippen molar-refractivity contribution in [3.05, 3.63) is 35.9 Å². The predicted molar refractivity (Wildman–Crippen MR) is 100 cm³/mol. The third-order valence-corrected chi connectivity index (χ3v) is 6.41. The van der Waals surface area contributed by atoms with Crippen LogP contribution in [0.1, 0.15) is 37.7 Å². The first-order chi connectivity index (χ1) is 12.6. The monoisotopic (exact) mass is 355 g/mol. The van der Waals surface area contributed by atoms with E-state index in [2.05, 4.69) is 39.8 Å². The molecule has 1 aromatic rings. The Labute approximate surface area is 155 Å². The third-order valence-electron chi connectivity index (χ3n) is 6.41. The number of nitrogens with one attached hydrogen (secondary N) is 2. The van der Waals surface area contributed by atoms with Crippen LogP contribution in [0.3, 0.4) is 0 Å². The first kappa shape index (κ1) is 17.5. The molecule has 4 rings (SSSR count). The average Bonchev–Trinajstić information content (AvgIpc) is 3.27. The summed E-state index contributed by atoms with van der Waals surface area (Å²) in [5.41, 5.74) is 0.926. The van der Waals surface area contributed by atoms with Crippen molar-refractivity contribution in [3.63, 3.8) is 0 Å². The van der Waals surface area contributed by atoms with Crippen LogP contribution in [0.25, 0.3) is 0 Å². The van der Waals surface area contributed by atoms with Gasteiger partial charge in [-0.05, 0) is 43.1 Å². The van der Waals surface area contributed by atoms with Crippen molar-refractivity contribution in [2.24, 2.45) is 17.3 Å². The molecule has 3 fully saturated rings. The zero-order valence-electron chi connectivity index (χ0n) is 15.5. The van der Waals surface area contributed by atoms with Crippen LogP contribution in [0.2, 0.25) is 0 Å². The molecular weight excluding hydrogens is 326 g/mol. The highest BCUT2D eigenvalue weighted by molar-refractivity contribution is 5.84. The third kappa shape index (κ3) is 3.50. The molecular formula is C21H29N3O2. The van der Waals surface area contributed by atoms with Crippen molar-refractivity contribution < 1.29 is 9.59 Å². The Morgan fingerprint density at radius 3 is 2.69 bits per heavy atom. The molecule has 5 heteroatoms. The zero-order valence-corrected chi connectivity index (χ0v) is 15.5. The molecule has 2 aliphatic carbocycles.